The van der Waals surface area contributed by atoms with Gasteiger partial charge in [0.15, 0.2) is 0 Å². The fourth-order valence-electron chi connectivity index (χ4n) is 3.65. The molecule has 2 heterocycles. The smallest absolute Gasteiger partial charge is 0.255 e. The molecular weight excluding hydrogens is 340 g/mol. The number of anilines is 1. The lowest BCUT2D eigenvalue weighted by molar-refractivity contribution is 0.0952. The Morgan fingerprint density at radius 1 is 1.19 bits per heavy atom. The number of carbonyl (C=O) groups excluding carboxylic acids is 1. The van der Waals surface area contributed by atoms with E-state index in [0.717, 1.165) is 75.2 Å². The van der Waals surface area contributed by atoms with Gasteiger partial charge in [0.2, 0.25) is 0 Å². The van der Waals surface area contributed by atoms with Crippen molar-refractivity contribution < 1.29 is 9.53 Å². The summed E-state index contributed by atoms with van der Waals surface area (Å²) < 4.78 is 5.22. The minimum Gasteiger partial charge on any atom is -0.383 e. The van der Waals surface area contributed by atoms with Crippen LogP contribution in [-0.4, -0.2) is 62.2 Å². The van der Waals surface area contributed by atoms with E-state index in [1.54, 1.807) is 7.11 Å². The van der Waals surface area contributed by atoms with Crippen molar-refractivity contribution in [1.29, 1.82) is 0 Å². The second-order valence-corrected chi connectivity index (χ2v) is 8.30. The van der Waals surface area contributed by atoms with Gasteiger partial charge in [-0.2, -0.15) is 0 Å². The first-order valence-corrected chi connectivity index (χ1v) is 10.5. The average Bonchev–Trinajstić information content (AvgIpc) is 3.57. The third-order valence-corrected chi connectivity index (χ3v) is 5.91. The zero-order valence-electron chi connectivity index (χ0n) is 16.4. The Bertz CT molecular complexity index is 670. The first-order chi connectivity index (χ1) is 13.2. The van der Waals surface area contributed by atoms with E-state index in [2.05, 4.69) is 21.6 Å². The molecule has 1 aliphatic heterocycles. The molecule has 6 heteroatoms. The quantitative estimate of drug-likeness (QED) is 0.695. The van der Waals surface area contributed by atoms with Crippen LogP contribution in [0.4, 0.5) is 5.82 Å². The maximum Gasteiger partial charge on any atom is 0.255 e. The molecule has 27 heavy (non-hydrogen) atoms. The van der Waals surface area contributed by atoms with Crippen LogP contribution in [0.3, 0.4) is 0 Å². The second kappa shape index (κ2) is 8.57. The number of carbonyl (C=O) groups is 1. The zero-order chi connectivity index (χ0) is 18.6. The van der Waals surface area contributed by atoms with Crippen molar-refractivity contribution in [2.45, 2.75) is 38.5 Å². The molecule has 0 saturated heterocycles. The number of nitrogens with zero attached hydrogens (tertiary/aromatic N) is 2. The predicted octanol–water partition coefficient (Wildman–Crippen LogP) is 2.09. The van der Waals surface area contributed by atoms with Crippen molar-refractivity contribution in [3.8, 4) is 0 Å². The normalized spacial score (nSPS) is 20.0. The molecule has 2 N–H and O–H groups in total. The van der Waals surface area contributed by atoms with Crippen LogP contribution in [0.25, 0.3) is 0 Å². The second-order valence-electron chi connectivity index (χ2n) is 8.30. The minimum atomic E-state index is 0.0241. The van der Waals surface area contributed by atoms with Crippen molar-refractivity contribution in [3.05, 3.63) is 22.9 Å². The lowest BCUT2D eigenvalue weighted by Gasteiger charge is -2.18. The van der Waals surface area contributed by atoms with Crippen molar-refractivity contribution in [3.63, 3.8) is 0 Å². The minimum absolute atomic E-state index is 0.0241. The number of fused-ring (bicyclic) bond motifs is 1. The standard InChI is InChI=1S/C21H32N4O2/c1-27-11-10-25-8-6-17-12-18(21(26)23-14-16-4-5-16)20(22-13-15-2-3-15)24-19(17)7-9-25/h12,15-16H,2-11,13-14H2,1H3,(H,22,24)(H,23,26). The van der Waals surface area contributed by atoms with Gasteiger partial charge in [0, 0.05) is 51.9 Å². The van der Waals surface area contributed by atoms with Crippen molar-refractivity contribution in [1.82, 2.24) is 15.2 Å². The van der Waals surface area contributed by atoms with Crippen LogP contribution in [0, 0.1) is 11.8 Å². The molecule has 1 amide bonds. The molecule has 2 saturated carbocycles. The fraction of sp³-hybridized carbons (Fsp3) is 0.714. The van der Waals surface area contributed by atoms with Gasteiger partial charge in [0.1, 0.15) is 5.82 Å². The largest absolute Gasteiger partial charge is 0.383 e. The SMILES string of the molecule is COCCN1CCc2cc(C(=O)NCC3CC3)c(NCC3CC3)nc2CC1. The summed E-state index contributed by atoms with van der Waals surface area (Å²) in [5.74, 6) is 2.23. The average molecular weight is 373 g/mol. The molecular formula is C21H32N4O2. The summed E-state index contributed by atoms with van der Waals surface area (Å²) in [5, 5.41) is 6.59. The molecule has 148 valence electrons. The number of hydrogen-bond donors (Lipinski definition) is 2. The Labute approximate surface area is 162 Å². The van der Waals surface area contributed by atoms with E-state index in [9.17, 15) is 4.79 Å². The van der Waals surface area contributed by atoms with E-state index in [4.69, 9.17) is 9.72 Å². The van der Waals surface area contributed by atoms with E-state index >= 15 is 0 Å². The van der Waals surface area contributed by atoms with E-state index in [0.29, 0.717) is 5.92 Å². The molecule has 2 aliphatic carbocycles. The highest BCUT2D eigenvalue weighted by Gasteiger charge is 2.26. The van der Waals surface area contributed by atoms with Gasteiger partial charge in [-0.05, 0) is 55.6 Å². The number of aromatic nitrogens is 1. The van der Waals surface area contributed by atoms with E-state index < -0.39 is 0 Å². The number of ether oxygens (including phenoxy) is 1. The highest BCUT2D eigenvalue weighted by molar-refractivity contribution is 5.99. The van der Waals surface area contributed by atoms with Crippen LogP contribution < -0.4 is 10.6 Å². The summed E-state index contributed by atoms with van der Waals surface area (Å²) in [5.41, 5.74) is 3.09. The van der Waals surface area contributed by atoms with Gasteiger partial charge < -0.3 is 20.3 Å². The molecule has 0 atom stereocenters. The van der Waals surface area contributed by atoms with Crippen LogP contribution in [0.2, 0.25) is 0 Å². The Morgan fingerprint density at radius 3 is 2.67 bits per heavy atom. The Hall–Kier alpha value is -1.66. The Balaban J connectivity index is 1.49. The summed E-state index contributed by atoms with van der Waals surface area (Å²) in [7, 11) is 1.75. The van der Waals surface area contributed by atoms with E-state index in [-0.39, 0.29) is 5.91 Å². The number of methoxy groups -OCH3 is 1. The maximum atomic E-state index is 12.8. The fourth-order valence-corrected chi connectivity index (χ4v) is 3.65. The summed E-state index contributed by atoms with van der Waals surface area (Å²) in [4.78, 5) is 20.2. The van der Waals surface area contributed by atoms with Gasteiger partial charge in [0.05, 0.1) is 12.2 Å². The van der Waals surface area contributed by atoms with Gasteiger partial charge in [-0.15, -0.1) is 0 Å². The third kappa shape index (κ3) is 5.20. The van der Waals surface area contributed by atoms with Crippen molar-refractivity contribution in [2.24, 2.45) is 11.8 Å². The number of pyridine rings is 1. The van der Waals surface area contributed by atoms with Gasteiger partial charge in [-0.1, -0.05) is 0 Å². The van der Waals surface area contributed by atoms with Crippen LogP contribution in [0.5, 0.6) is 0 Å². The number of amides is 1. The first kappa shape index (κ1) is 18.7. The summed E-state index contributed by atoms with van der Waals surface area (Å²) in [6.07, 6.45) is 6.93. The van der Waals surface area contributed by atoms with Crippen LogP contribution in [0.15, 0.2) is 6.07 Å². The molecule has 2 fully saturated rings. The molecule has 1 aromatic heterocycles. The number of nitrogens with one attached hydrogen (secondary N) is 2. The number of hydrogen-bond acceptors (Lipinski definition) is 5. The molecule has 0 aromatic carbocycles. The maximum absolute atomic E-state index is 12.8. The molecule has 0 bridgehead atoms. The Kier molecular flexibility index (Phi) is 5.93. The van der Waals surface area contributed by atoms with Gasteiger partial charge >= 0.3 is 0 Å². The molecule has 6 nitrogen and oxygen atoms in total. The van der Waals surface area contributed by atoms with Gasteiger partial charge in [0.25, 0.3) is 5.91 Å². The lowest BCUT2D eigenvalue weighted by Crippen LogP contribution is -2.29. The van der Waals surface area contributed by atoms with E-state index in [1.807, 2.05) is 0 Å². The predicted molar refractivity (Wildman–Crippen MR) is 106 cm³/mol. The lowest BCUT2D eigenvalue weighted by atomic mass is 10.0. The van der Waals surface area contributed by atoms with Crippen molar-refractivity contribution >= 4 is 11.7 Å². The molecule has 4 rings (SSSR count). The summed E-state index contributed by atoms with van der Waals surface area (Å²) in [6.45, 7) is 5.42. The zero-order valence-corrected chi connectivity index (χ0v) is 16.4. The monoisotopic (exact) mass is 372 g/mol. The molecule has 3 aliphatic rings. The van der Waals surface area contributed by atoms with Gasteiger partial charge in [-0.3, -0.25) is 4.79 Å². The highest BCUT2D eigenvalue weighted by Crippen LogP contribution is 2.30. The van der Waals surface area contributed by atoms with Crippen LogP contribution >= 0.6 is 0 Å². The molecule has 0 radical (unpaired) electrons. The molecule has 0 spiro atoms. The molecule has 1 aromatic rings. The van der Waals surface area contributed by atoms with Crippen LogP contribution in [0.1, 0.15) is 47.3 Å². The number of rotatable bonds is 9. The highest BCUT2D eigenvalue weighted by atomic mass is 16.5. The van der Waals surface area contributed by atoms with Gasteiger partial charge in [-0.25, -0.2) is 4.98 Å². The topological polar surface area (TPSA) is 66.5 Å². The summed E-state index contributed by atoms with van der Waals surface area (Å²) in [6, 6.07) is 2.10. The molecule has 0 unspecified atom stereocenters. The van der Waals surface area contributed by atoms with Crippen LogP contribution in [-0.2, 0) is 17.6 Å². The first-order valence-electron chi connectivity index (χ1n) is 10.5. The summed E-state index contributed by atoms with van der Waals surface area (Å²) >= 11 is 0. The van der Waals surface area contributed by atoms with Crippen molar-refractivity contribution in [2.75, 3.05) is 51.8 Å². The third-order valence-electron chi connectivity index (χ3n) is 5.91. The Morgan fingerprint density at radius 2 is 1.93 bits per heavy atom. The van der Waals surface area contributed by atoms with E-state index in [1.165, 1.54) is 31.2 Å².